The minimum atomic E-state index is -4.21. The zero-order chi connectivity index (χ0) is 15.9. The number of nitrogens with zero attached hydrogens (tertiary/aromatic N) is 2. The quantitative estimate of drug-likeness (QED) is 0.701. The summed E-state index contributed by atoms with van der Waals surface area (Å²) in [4.78, 5) is 3.38. The minimum absolute atomic E-state index is 0.228. The van der Waals surface area contributed by atoms with Crippen molar-refractivity contribution < 1.29 is 27.4 Å². The molecule has 0 amide bonds. The van der Waals surface area contributed by atoms with E-state index in [1.807, 2.05) is 0 Å². The van der Waals surface area contributed by atoms with Crippen molar-refractivity contribution in [1.29, 1.82) is 0 Å². The molecule has 1 rings (SSSR count). The maximum Gasteiger partial charge on any atom is 0.252 e. The Labute approximate surface area is 121 Å². The van der Waals surface area contributed by atoms with Crippen molar-refractivity contribution in [2.45, 2.75) is 11.3 Å². The van der Waals surface area contributed by atoms with Crippen LogP contribution in [0.1, 0.15) is 5.56 Å². The highest BCUT2D eigenvalue weighted by atomic mass is 32.2. The van der Waals surface area contributed by atoms with E-state index in [4.69, 9.17) is 10.2 Å². The van der Waals surface area contributed by atoms with Gasteiger partial charge in [-0.05, 0) is 6.07 Å². The molecule has 0 aromatic carbocycles. The molecule has 0 spiro atoms. The summed E-state index contributed by atoms with van der Waals surface area (Å²) >= 11 is 0. The number of hydrogen-bond acceptors (Lipinski definition) is 5. The molecule has 6 nitrogen and oxygen atoms in total. The van der Waals surface area contributed by atoms with Gasteiger partial charge >= 0.3 is 0 Å². The lowest BCUT2D eigenvalue weighted by molar-refractivity contribution is 0.113. The van der Waals surface area contributed by atoms with Gasteiger partial charge in [-0.25, -0.2) is 17.2 Å². The molecule has 0 fully saturated rings. The van der Waals surface area contributed by atoms with E-state index in [1.165, 1.54) is 12.3 Å². The van der Waals surface area contributed by atoms with E-state index < -0.39 is 42.8 Å². The molecule has 21 heavy (non-hydrogen) atoms. The molecule has 0 radical (unpaired) electrons. The average Bonchev–Trinajstić information content (AvgIpc) is 2.44. The van der Waals surface area contributed by atoms with E-state index in [0.29, 0.717) is 4.31 Å². The Bertz CT molecular complexity index is 626. The Morgan fingerprint density at radius 3 is 2.62 bits per heavy atom. The third kappa shape index (κ3) is 5.02. The number of halogens is 2. The molecule has 116 valence electrons. The Morgan fingerprint density at radius 2 is 2.05 bits per heavy atom. The van der Waals surface area contributed by atoms with Gasteiger partial charge in [0.1, 0.15) is 11.5 Å². The lowest BCUT2D eigenvalue weighted by Crippen LogP contribution is -2.37. The number of aliphatic hydroxyl groups is 2. The first-order chi connectivity index (χ1) is 9.91. The number of pyridine rings is 1. The van der Waals surface area contributed by atoms with Crippen molar-refractivity contribution in [3.63, 3.8) is 0 Å². The molecular weight excluding hydrogens is 306 g/mol. The van der Waals surface area contributed by atoms with Gasteiger partial charge in [-0.2, -0.15) is 4.31 Å². The molecule has 9 heteroatoms. The third-order valence-electron chi connectivity index (χ3n) is 2.35. The van der Waals surface area contributed by atoms with Gasteiger partial charge in [0.25, 0.3) is 6.43 Å². The third-order valence-corrected chi connectivity index (χ3v) is 4.18. The topological polar surface area (TPSA) is 90.7 Å². The van der Waals surface area contributed by atoms with Gasteiger partial charge in [0.05, 0.1) is 13.2 Å². The van der Waals surface area contributed by atoms with Gasteiger partial charge in [-0.3, -0.25) is 4.98 Å². The van der Waals surface area contributed by atoms with Crippen molar-refractivity contribution in [1.82, 2.24) is 9.29 Å². The van der Waals surface area contributed by atoms with Crippen LogP contribution < -0.4 is 0 Å². The van der Waals surface area contributed by atoms with E-state index in [1.54, 1.807) is 0 Å². The Hall–Kier alpha value is -1.60. The summed E-state index contributed by atoms with van der Waals surface area (Å²) in [5.74, 6) is 4.80. The van der Waals surface area contributed by atoms with Crippen LogP contribution in [0.2, 0.25) is 0 Å². The van der Waals surface area contributed by atoms with Crippen LogP contribution in [0.3, 0.4) is 0 Å². The molecule has 0 saturated carbocycles. The number of sulfonamides is 1. The van der Waals surface area contributed by atoms with Gasteiger partial charge < -0.3 is 10.2 Å². The highest BCUT2D eigenvalue weighted by molar-refractivity contribution is 7.89. The Morgan fingerprint density at radius 1 is 1.33 bits per heavy atom. The molecule has 1 aromatic rings. The second kappa shape index (κ2) is 7.99. The first-order valence-electron chi connectivity index (χ1n) is 5.85. The number of hydrogen-bond donors (Lipinski definition) is 2. The number of aromatic nitrogens is 1. The fourth-order valence-corrected chi connectivity index (χ4v) is 2.89. The highest BCUT2D eigenvalue weighted by Crippen LogP contribution is 2.16. The van der Waals surface area contributed by atoms with Crippen LogP contribution in [0.15, 0.2) is 23.4 Å². The molecule has 1 aromatic heterocycles. The fraction of sp³-hybridized carbons (Fsp3) is 0.417. The van der Waals surface area contributed by atoms with Crippen LogP contribution in [-0.4, -0.2) is 60.6 Å². The van der Waals surface area contributed by atoms with Crippen LogP contribution >= 0.6 is 0 Å². The van der Waals surface area contributed by atoms with Crippen molar-refractivity contribution in [3.05, 3.63) is 24.0 Å². The molecular formula is C12H14F2N2O4S. The molecule has 1 heterocycles. The molecule has 0 bridgehead atoms. The second-order valence-corrected chi connectivity index (χ2v) is 5.78. The van der Waals surface area contributed by atoms with Crippen LogP contribution in [0.5, 0.6) is 0 Å². The van der Waals surface area contributed by atoms with Gasteiger partial charge in [-0.15, -0.1) is 0 Å². The predicted molar refractivity (Wildman–Crippen MR) is 70.0 cm³/mol. The maximum atomic E-state index is 12.4. The molecule has 2 N–H and O–H groups in total. The largest absolute Gasteiger partial charge is 0.395 e. The van der Waals surface area contributed by atoms with Gasteiger partial charge in [0.15, 0.2) is 0 Å². The summed E-state index contributed by atoms with van der Waals surface area (Å²) in [7, 11) is -4.21. The molecule has 0 aliphatic heterocycles. The van der Waals surface area contributed by atoms with Crippen LogP contribution in [-0.2, 0) is 10.0 Å². The molecule has 0 aliphatic rings. The van der Waals surface area contributed by atoms with E-state index in [2.05, 4.69) is 16.8 Å². The smallest absolute Gasteiger partial charge is 0.252 e. The molecule has 0 atom stereocenters. The van der Waals surface area contributed by atoms with Crippen molar-refractivity contribution in [2.75, 3.05) is 26.3 Å². The number of alkyl halides is 2. The summed E-state index contributed by atoms with van der Waals surface area (Å²) in [5.41, 5.74) is 0.228. The van der Waals surface area contributed by atoms with Crippen LogP contribution in [0, 0.1) is 11.8 Å². The van der Waals surface area contributed by atoms with Crippen molar-refractivity contribution >= 4 is 10.0 Å². The standard InChI is InChI=1S/C12H14F2N2O4S/c13-12(14)9-16(3-5-18)21(19,20)11-6-10(2-1-4-17)7-15-8-11/h6-8,12,17-18H,3-5,9H2. The summed E-state index contributed by atoms with van der Waals surface area (Å²) < 4.78 is 49.8. The van der Waals surface area contributed by atoms with Gasteiger partial charge in [-0.1, -0.05) is 11.8 Å². The summed E-state index contributed by atoms with van der Waals surface area (Å²) in [6.07, 6.45) is -0.572. The second-order valence-electron chi connectivity index (χ2n) is 3.85. The van der Waals surface area contributed by atoms with Crippen molar-refractivity contribution in [2.24, 2.45) is 0 Å². The predicted octanol–water partition coefficient (Wildman–Crippen LogP) is -0.326. The maximum absolute atomic E-state index is 12.4. The van der Waals surface area contributed by atoms with E-state index in [0.717, 1.165) is 6.20 Å². The molecule has 0 unspecified atom stereocenters. The zero-order valence-corrected chi connectivity index (χ0v) is 11.7. The van der Waals surface area contributed by atoms with Crippen LogP contribution in [0.4, 0.5) is 8.78 Å². The lowest BCUT2D eigenvalue weighted by atomic mass is 10.3. The van der Waals surface area contributed by atoms with E-state index in [-0.39, 0.29) is 10.5 Å². The monoisotopic (exact) mass is 320 g/mol. The Balaban J connectivity index is 3.15. The number of aliphatic hydroxyl groups excluding tert-OH is 2. The van der Waals surface area contributed by atoms with Gasteiger partial charge in [0, 0.05) is 24.5 Å². The summed E-state index contributed by atoms with van der Waals surface area (Å²) in [6.45, 7) is -2.45. The lowest BCUT2D eigenvalue weighted by Gasteiger charge is -2.20. The summed E-state index contributed by atoms with van der Waals surface area (Å²) in [5, 5.41) is 17.4. The highest BCUT2D eigenvalue weighted by Gasteiger charge is 2.27. The number of rotatable bonds is 6. The summed E-state index contributed by atoms with van der Waals surface area (Å²) in [6, 6.07) is 1.17. The first-order valence-corrected chi connectivity index (χ1v) is 7.29. The van der Waals surface area contributed by atoms with Crippen molar-refractivity contribution in [3.8, 4) is 11.8 Å². The SMILES string of the molecule is O=S(=O)(c1cncc(C#CCO)c1)N(CCO)CC(F)F. The molecule has 0 aliphatic carbocycles. The molecule has 0 saturated heterocycles. The van der Waals surface area contributed by atoms with E-state index >= 15 is 0 Å². The van der Waals surface area contributed by atoms with Gasteiger partial charge in [0.2, 0.25) is 10.0 Å². The average molecular weight is 320 g/mol. The zero-order valence-electron chi connectivity index (χ0n) is 10.9. The van der Waals surface area contributed by atoms with E-state index in [9.17, 15) is 17.2 Å². The normalized spacial score (nSPS) is 11.5. The Kier molecular flexibility index (Phi) is 6.64. The van der Waals surface area contributed by atoms with Crippen LogP contribution in [0.25, 0.3) is 0 Å². The first kappa shape index (κ1) is 17.5. The minimum Gasteiger partial charge on any atom is -0.395 e. The fourth-order valence-electron chi connectivity index (χ4n) is 1.49.